The van der Waals surface area contributed by atoms with Gasteiger partial charge in [0.2, 0.25) is 5.95 Å². The molecule has 1 fully saturated rings. The summed E-state index contributed by atoms with van der Waals surface area (Å²) in [6, 6.07) is 17.6. The van der Waals surface area contributed by atoms with Gasteiger partial charge >= 0.3 is 23.6 Å². The van der Waals surface area contributed by atoms with Crippen molar-refractivity contribution in [2.75, 3.05) is 12.3 Å². The zero-order valence-electron chi connectivity index (χ0n) is 22.3. The van der Waals surface area contributed by atoms with E-state index in [0.29, 0.717) is 15.1 Å². The second-order valence-corrected chi connectivity index (χ2v) is 10.6. The van der Waals surface area contributed by atoms with Crippen LogP contribution in [-0.4, -0.2) is 57.4 Å². The summed E-state index contributed by atoms with van der Waals surface area (Å²) in [5.74, 6) is -2.73. The van der Waals surface area contributed by atoms with E-state index in [1.807, 2.05) is 0 Å². The summed E-state index contributed by atoms with van der Waals surface area (Å²) >= 11 is 17.8. The Labute approximate surface area is 264 Å². The van der Waals surface area contributed by atoms with Gasteiger partial charge in [-0.05, 0) is 72.8 Å². The number of benzene rings is 3. The minimum absolute atomic E-state index is 0.106. The molecule has 0 aliphatic carbocycles. The Kier molecular flexibility index (Phi) is 9.45. The third-order valence-electron chi connectivity index (χ3n) is 6.41. The van der Waals surface area contributed by atoms with Gasteiger partial charge in [-0.1, -0.05) is 34.8 Å². The number of nitrogens with two attached hydrogens (primary N) is 1. The smallest absolute Gasteiger partial charge is 0.354 e. The predicted molar refractivity (Wildman–Crippen MR) is 158 cm³/mol. The Hall–Kier alpha value is -4.49. The number of nitrogen functional groups attached to an aromatic ring is 1. The van der Waals surface area contributed by atoms with Gasteiger partial charge in [-0.3, -0.25) is 4.57 Å². The third-order valence-corrected chi connectivity index (χ3v) is 7.17. The Balaban J connectivity index is 1.49. The molecule has 1 aromatic heterocycles. The largest absolute Gasteiger partial charge is 0.459 e. The molecule has 15 heteroatoms. The maximum atomic E-state index is 13.2. The van der Waals surface area contributed by atoms with Crippen LogP contribution in [0.25, 0.3) is 0 Å². The molecule has 226 valence electrons. The van der Waals surface area contributed by atoms with Crippen LogP contribution in [0.4, 0.5) is 5.95 Å². The first-order valence-corrected chi connectivity index (χ1v) is 13.9. The summed E-state index contributed by atoms with van der Waals surface area (Å²) in [7, 11) is 0. The average molecular weight is 664 g/mol. The van der Waals surface area contributed by atoms with E-state index in [-0.39, 0.29) is 22.6 Å². The highest BCUT2D eigenvalue weighted by Crippen LogP contribution is 2.35. The van der Waals surface area contributed by atoms with Crippen LogP contribution >= 0.6 is 34.8 Å². The molecule has 2 N–H and O–H groups in total. The average Bonchev–Trinajstić information content (AvgIpc) is 3.32. The third kappa shape index (κ3) is 7.17. The zero-order valence-corrected chi connectivity index (χ0v) is 24.6. The van der Waals surface area contributed by atoms with Gasteiger partial charge in [0.05, 0.1) is 16.7 Å². The van der Waals surface area contributed by atoms with Crippen LogP contribution in [0.3, 0.4) is 0 Å². The van der Waals surface area contributed by atoms with Crippen molar-refractivity contribution in [3.63, 3.8) is 0 Å². The lowest BCUT2D eigenvalue weighted by molar-refractivity contribution is -0.0643. The Morgan fingerprint density at radius 3 is 1.68 bits per heavy atom. The summed E-state index contributed by atoms with van der Waals surface area (Å²) in [5, 5.41) is 1.18. The molecule has 0 amide bonds. The lowest BCUT2D eigenvalue weighted by Gasteiger charge is -2.25. The van der Waals surface area contributed by atoms with Crippen LogP contribution in [0, 0.1) is 0 Å². The first-order valence-electron chi connectivity index (χ1n) is 12.8. The molecule has 5 rings (SSSR count). The van der Waals surface area contributed by atoms with Crippen LogP contribution in [0.5, 0.6) is 0 Å². The first-order chi connectivity index (χ1) is 21.1. The molecule has 2 heterocycles. The minimum atomic E-state index is -1.46. The van der Waals surface area contributed by atoms with Crippen LogP contribution in [-0.2, 0) is 18.9 Å². The molecular weight excluding hydrogens is 643 g/mol. The minimum Gasteiger partial charge on any atom is -0.459 e. The summed E-state index contributed by atoms with van der Waals surface area (Å²) in [5.41, 5.74) is 5.07. The molecule has 0 bridgehead atoms. The normalized spacial score (nSPS) is 19.2. The molecular formula is C29H21Cl3N4O8. The molecule has 4 atom stereocenters. The molecule has 1 aliphatic rings. The van der Waals surface area contributed by atoms with Gasteiger partial charge in [0.1, 0.15) is 19.0 Å². The lowest BCUT2D eigenvalue weighted by Crippen LogP contribution is -2.42. The maximum absolute atomic E-state index is 13.2. The van der Waals surface area contributed by atoms with E-state index in [1.54, 1.807) is 0 Å². The number of anilines is 1. The van der Waals surface area contributed by atoms with E-state index < -0.39 is 54.7 Å². The Morgan fingerprint density at radius 2 is 1.20 bits per heavy atom. The molecule has 1 saturated heterocycles. The van der Waals surface area contributed by atoms with Crippen molar-refractivity contribution >= 4 is 58.7 Å². The molecule has 4 aromatic rings. The van der Waals surface area contributed by atoms with Gasteiger partial charge in [-0.2, -0.15) is 4.98 Å². The van der Waals surface area contributed by atoms with Crippen LogP contribution < -0.4 is 11.4 Å². The Bertz CT molecular complexity index is 1730. The SMILES string of the molecule is [15NH2]c1[15n]c[15n]([C@@H]2O[C@H](COC(=O)c3ccc(Cl)cc3)[C@H](OC(=O)c3ccc(Cl)cc3)C2OC(=O)c2ccc(Cl)cc2)c(=O)[15n]1. The topological polar surface area (TPSA) is 162 Å². The van der Waals surface area contributed by atoms with Crippen molar-refractivity contribution in [2.24, 2.45) is 0 Å². The van der Waals surface area contributed by atoms with Crippen molar-refractivity contribution in [3.05, 3.63) is 121 Å². The predicted octanol–water partition coefficient (Wildman–Crippen LogP) is 4.39. The standard InChI is InChI=1S/C29H21Cl3N4O8/c30-18-7-1-15(2-8-18)25(37)41-13-21-22(43-26(38)16-3-9-19(31)10-4-16)23(44-27(39)17-5-11-20(32)12-6-17)24(42-21)36-14-34-28(33)35-29(36)40/h1-12,14,21-24H,13H2,(H2,33,35,40)/t21-,22+,23?,24-/m1/s1/i33+1,34+1,35+1,36+1. The van der Waals surface area contributed by atoms with E-state index in [0.717, 1.165) is 10.9 Å². The zero-order chi connectivity index (χ0) is 31.4. The van der Waals surface area contributed by atoms with E-state index in [1.165, 1.54) is 72.8 Å². The highest BCUT2D eigenvalue weighted by atomic mass is 35.5. The number of rotatable bonds is 8. The van der Waals surface area contributed by atoms with Crippen molar-refractivity contribution in [1.29, 1.82) is 0 Å². The summed E-state index contributed by atoms with van der Waals surface area (Å²) in [4.78, 5) is 59.5. The summed E-state index contributed by atoms with van der Waals surface area (Å²) in [6.45, 7) is -0.476. The van der Waals surface area contributed by atoms with Gasteiger partial charge in [-0.25, -0.2) is 24.2 Å². The van der Waals surface area contributed by atoms with Crippen LogP contribution in [0.15, 0.2) is 83.9 Å². The monoisotopic (exact) mass is 662 g/mol. The van der Waals surface area contributed by atoms with Crippen molar-refractivity contribution in [1.82, 2.24) is 14.5 Å². The summed E-state index contributed by atoms with van der Waals surface area (Å²) in [6.07, 6.45) is -4.49. The molecule has 1 unspecified atom stereocenters. The highest BCUT2D eigenvalue weighted by Gasteiger charge is 2.52. The number of ether oxygens (including phenoxy) is 4. The second kappa shape index (κ2) is 13.4. The fourth-order valence-corrected chi connectivity index (χ4v) is 4.62. The quantitative estimate of drug-likeness (QED) is 0.162. The maximum Gasteiger partial charge on any atom is 0.354 e. The van der Waals surface area contributed by atoms with Gasteiger partial charge in [0.15, 0.2) is 18.4 Å². The number of carbonyl (C=O) groups excluding carboxylic acids is 3. The molecule has 3 aromatic carbocycles. The summed E-state index contributed by atoms with van der Waals surface area (Å²) < 4.78 is 24.0. The number of halogens is 3. The van der Waals surface area contributed by atoms with Gasteiger partial charge < -0.3 is 24.7 Å². The van der Waals surface area contributed by atoms with Crippen molar-refractivity contribution in [2.45, 2.75) is 24.5 Å². The second-order valence-electron chi connectivity index (χ2n) is 9.33. The molecule has 44 heavy (non-hydrogen) atoms. The number of hydrogen-bond acceptors (Lipinski definition) is 11. The van der Waals surface area contributed by atoms with Crippen molar-refractivity contribution in [3.8, 4) is 0 Å². The number of aromatic nitrogens is 3. The molecule has 12 nitrogen and oxygen atoms in total. The van der Waals surface area contributed by atoms with Crippen LogP contribution in [0.1, 0.15) is 37.3 Å². The fraction of sp³-hybridized carbons (Fsp3) is 0.172. The van der Waals surface area contributed by atoms with Gasteiger partial charge in [-0.15, -0.1) is 0 Å². The number of nitrogens with zero attached hydrogens (tertiary/aromatic N) is 3. The van der Waals surface area contributed by atoms with Crippen LogP contribution in [0.2, 0.25) is 15.1 Å². The molecule has 0 radical (unpaired) electrons. The fourth-order valence-electron chi connectivity index (χ4n) is 4.25. The number of esters is 3. The molecule has 1 aliphatic heterocycles. The van der Waals surface area contributed by atoms with E-state index >= 15 is 0 Å². The Morgan fingerprint density at radius 1 is 0.750 bits per heavy atom. The highest BCUT2D eigenvalue weighted by molar-refractivity contribution is 6.31. The lowest BCUT2D eigenvalue weighted by atomic mass is 10.1. The van der Waals surface area contributed by atoms with E-state index in [4.69, 9.17) is 59.5 Å². The molecule has 0 saturated carbocycles. The first kappa shape index (κ1) is 31.0. The molecule has 0 spiro atoms. The van der Waals surface area contributed by atoms with E-state index in [2.05, 4.69) is 9.97 Å². The van der Waals surface area contributed by atoms with Crippen molar-refractivity contribution < 1.29 is 33.3 Å². The van der Waals surface area contributed by atoms with Gasteiger partial charge in [0, 0.05) is 15.1 Å². The number of hydrogen-bond donors (Lipinski definition) is 1. The number of carbonyl (C=O) groups is 3. The van der Waals surface area contributed by atoms with Gasteiger partial charge in [0.25, 0.3) is 0 Å². The van der Waals surface area contributed by atoms with E-state index in [9.17, 15) is 19.2 Å².